The fraction of sp³-hybridized carbons (Fsp3) is 0.333. The third-order valence-electron chi connectivity index (χ3n) is 1.47. The normalized spacial score (nSPS) is 11.7. The molecular formula is C9H10N2O2. The summed E-state index contributed by atoms with van der Waals surface area (Å²) in [5.74, 6) is 2.19. The molecular weight excluding hydrogens is 168 g/mol. The molecule has 0 aliphatic rings. The first-order valence-corrected chi connectivity index (χ1v) is 3.88. The van der Waals surface area contributed by atoms with Crippen molar-refractivity contribution in [1.29, 1.82) is 0 Å². The molecule has 1 atom stereocenters. The van der Waals surface area contributed by atoms with Crippen LogP contribution in [0.4, 0.5) is 0 Å². The molecule has 1 heterocycles. The van der Waals surface area contributed by atoms with Gasteiger partial charge in [-0.2, -0.15) is 0 Å². The highest BCUT2D eigenvalue weighted by molar-refractivity contribution is 5.92. The third kappa shape index (κ3) is 2.64. The Kier molecular flexibility index (Phi) is 3.09. The van der Waals surface area contributed by atoms with Crippen LogP contribution in [0.3, 0.4) is 0 Å². The van der Waals surface area contributed by atoms with Crippen LogP contribution in [0.25, 0.3) is 0 Å². The molecule has 0 saturated carbocycles. The van der Waals surface area contributed by atoms with Gasteiger partial charge in [0.15, 0.2) is 5.69 Å². The molecule has 0 aliphatic carbocycles. The van der Waals surface area contributed by atoms with E-state index in [1.165, 1.54) is 12.3 Å². The van der Waals surface area contributed by atoms with Crippen LogP contribution in [-0.2, 0) is 0 Å². The number of carbonyl (C=O) groups is 1. The van der Waals surface area contributed by atoms with Crippen molar-refractivity contribution in [2.75, 3.05) is 0 Å². The molecule has 0 aromatic carbocycles. The van der Waals surface area contributed by atoms with Crippen molar-refractivity contribution < 1.29 is 9.32 Å². The lowest BCUT2D eigenvalue weighted by Crippen LogP contribution is -2.32. The van der Waals surface area contributed by atoms with Gasteiger partial charge in [0.2, 0.25) is 0 Å². The fourth-order valence-corrected chi connectivity index (χ4v) is 0.855. The van der Waals surface area contributed by atoms with E-state index in [2.05, 4.69) is 20.9 Å². The Bertz CT molecular complexity index is 311. The topological polar surface area (TPSA) is 55.1 Å². The summed E-state index contributed by atoms with van der Waals surface area (Å²) >= 11 is 0. The number of aromatic nitrogens is 1. The third-order valence-corrected chi connectivity index (χ3v) is 1.47. The summed E-state index contributed by atoms with van der Waals surface area (Å²) in [6.07, 6.45) is 6.94. The van der Waals surface area contributed by atoms with Crippen molar-refractivity contribution in [3.05, 3.63) is 18.0 Å². The van der Waals surface area contributed by atoms with Gasteiger partial charge in [0.1, 0.15) is 6.26 Å². The second-order valence-electron chi connectivity index (χ2n) is 2.67. The number of carbonyl (C=O) groups excluding carboxylic acids is 1. The van der Waals surface area contributed by atoms with E-state index in [-0.39, 0.29) is 17.6 Å². The number of amides is 1. The molecule has 1 unspecified atom stereocenters. The monoisotopic (exact) mass is 178 g/mol. The fourth-order valence-electron chi connectivity index (χ4n) is 0.855. The Hall–Kier alpha value is -1.76. The van der Waals surface area contributed by atoms with Crippen LogP contribution < -0.4 is 5.32 Å². The molecule has 0 radical (unpaired) electrons. The van der Waals surface area contributed by atoms with E-state index in [4.69, 9.17) is 6.42 Å². The minimum absolute atomic E-state index is 0.0470. The first kappa shape index (κ1) is 9.33. The summed E-state index contributed by atoms with van der Waals surface area (Å²) in [6.45, 7) is 1.83. The molecule has 13 heavy (non-hydrogen) atoms. The molecule has 1 amide bonds. The molecule has 0 bridgehead atoms. The van der Waals surface area contributed by atoms with Gasteiger partial charge < -0.3 is 9.84 Å². The van der Waals surface area contributed by atoms with E-state index >= 15 is 0 Å². The first-order chi connectivity index (χ1) is 6.24. The lowest BCUT2D eigenvalue weighted by molar-refractivity contribution is 0.0932. The Morgan fingerprint density at radius 2 is 2.69 bits per heavy atom. The van der Waals surface area contributed by atoms with Crippen molar-refractivity contribution >= 4 is 5.91 Å². The maximum Gasteiger partial charge on any atom is 0.273 e. The zero-order valence-corrected chi connectivity index (χ0v) is 7.28. The molecule has 1 aromatic rings. The van der Waals surface area contributed by atoms with Crippen LogP contribution in [0.1, 0.15) is 23.8 Å². The minimum atomic E-state index is -0.267. The van der Waals surface area contributed by atoms with Crippen molar-refractivity contribution in [3.8, 4) is 12.3 Å². The lowest BCUT2D eigenvalue weighted by Gasteiger charge is -2.08. The summed E-state index contributed by atoms with van der Waals surface area (Å²) < 4.78 is 4.53. The molecule has 0 saturated heterocycles. The summed E-state index contributed by atoms with van der Waals surface area (Å²) in [5, 5.41) is 6.17. The smallest absolute Gasteiger partial charge is 0.273 e. The predicted molar refractivity (Wildman–Crippen MR) is 46.9 cm³/mol. The van der Waals surface area contributed by atoms with E-state index in [1.807, 2.05) is 6.92 Å². The van der Waals surface area contributed by atoms with Gasteiger partial charge in [0, 0.05) is 18.5 Å². The highest BCUT2D eigenvalue weighted by atomic mass is 16.5. The zero-order chi connectivity index (χ0) is 9.68. The average molecular weight is 178 g/mol. The summed E-state index contributed by atoms with van der Waals surface area (Å²) in [7, 11) is 0. The van der Waals surface area contributed by atoms with E-state index in [1.54, 1.807) is 0 Å². The minimum Gasteiger partial charge on any atom is -0.364 e. The van der Waals surface area contributed by atoms with Gasteiger partial charge in [0.05, 0.1) is 0 Å². The van der Waals surface area contributed by atoms with E-state index in [0.29, 0.717) is 6.42 Å². The van der Waals surface area contributed by atoms with Crippen LogP contribution in [0, 0.1) is 12.3 Å². The van der Waals surface area contributed by atoms with Crippen molar-refractivity contribution in [2.24, 2.45) is 0 Å². The molecule has 0 spiro atoms. The summed E-state index contributed by atoms with van der Waals surface area (Å²) in [4.78, 5) is 11.3. The van der Waals surface area contributed by atoms with E-state index in [0.717, 1.165) is 0 Å². The van der Waals surface area contributed by atoms with Gasteiger partial charge in [-0.05, 0) is 6.92 Å². The second-order valence-corrected chi connectivity index (χ2v) is 2.67. The number of nitrogens with zero attached hydrogens (tertiary/aromatic N) is 1. The number of nitrogens with one attached hydrogen (secondary N) is 1. The maximum absolute atomic E-state index is 11.3. The van der Waals surface area contributed by atoms with E-state index in [9.17, 15) is 4.79 Å². The summed E-state index contributed by atoms with van der Waals surface area (Å²) in [5.41, 5.74) is 0.267. The molecule has 68 valence electrons. The highest BCUT2D eigenvalue weighted by Gasteiger charge is 2.10. The van der Waals surface area contributed by atoms with Gasteiger partial charge >= 0.3 is 0 Å². The molecule has 0 fully saturated rings. The summed E-state index contributed by atoms with van der Waals surface area (Å²) in [6, 6.07) is 1.45. The Morgan fingerprint density at radius 1 is 1.92 bits per heavy atom. The Balaban J connectivity index is 2.48. The van der Waals surface area contributed by atoms with E-state index < -0.39 is 0 Å². The van der Waals surface area contributed by atoms with Crippen molar-refractivity contribution in [3.63, 3.8) is 0 Å². The van der Waals surface area contributed by atoms with Crippen LogP contribution >= 0.6 is 0 Å². The van der Waals surface area contributed by atoms with Crippen molar-refractivity contribution in [1.82, 2.24) is 10.5 Å². The average Bonchev–Trinajstić information content (AvgIpc) is 2.55. The molecule has 1 aromatic heterocycles. The van der Waals surface area contributed by atoms with Gasteiger partial charge in [-0.25, -0.2) is 0 Å². The maximum atomic E-state index is 11.3. The largest absolute Gasteiger partial charge is 0.364 e. The standard InChI is InChI=1S/C9H10N2O2/c1-3-4-7(2)10-9(12)8-5-6-13-11-8/h1,5-7H,4H2,2H3,(H,10,12). The molecule has 0 aliphatic heterocycles. The number of hydrogen-bond acceptors (Lipinski definition) is 3. The van der Waals surface area contributed by atoms with Crippen LogP contribution in [0.2, 0.25) is 0 Å². The quantitative estimate of drug-likeness (QED) is 0.697. The first-order valence-electron chi connectivity index (χ1n) is 3.88. The van der Waals surface area contributed by atoms with Gasteiger partial charge in [-0.15, -0.1) is 12.3 Å². The molecule has 1 rings (SSSR count). The number of terminal acetylenes is 1. The Labute approximate surface area is 76.3 Å². The lowest BCUT2D eigenvalue weighted by atomic mass is 10.2. The van der Waals surface area contributed by atoms with Gasteiger partial charge in [0.25, 0.3) is 5.91 Å². The van der Waals surface area contributed by atoms with Gasteiger partial charge in [-0.1, -0.05) is 5.16 Å². The number of rotatable bonds is 3. The predicted octanol–water partition coefficient (Wildman–Crippen LogP) is 0.816. The van der Waals surface area contributed by atoms with Crippen molar-refractivity contribution in [2.45, 2.75) is 19.4 Å². The van der Waals surface area contributed by atoms with Crippen LogP contribution in [0.5, 0.6) is 0 Å². The molecule has 4 heteroatoms. The molecule has 4 nitrogen and oxygen atoms in total. The highest BCUT2D eigenvalue weighted by Crippen LogP contribution is 1.96. The SMILES string of the molecule is C#CCC(C)NC(=O)c1ccon1. The molecule has 1 N–H and O–H groups in total. The number of hydrogen-bond donors (Lipinski definition) is 1. The zero-order valence-electron chi connectivity index (χ0n) is 7.28. The van der Waals surface area contributed by atoms with Crippen LogP contribution in [-0.4, -0.2) is 17.1 Å². The Morgan fingerprint density at radius 3 is 3.23 bits per heavy atom. The second kappa shape index (κ2) is 4.31. The van der Waals surface area contributed by atoms with Crippen LogP contribution in [0.15, 0.2) is 16.9 Å². The van der Waals surface area contributed by atoms with Gasteiger partial charge in [-0.3, -0.25) is 4.79 Å².